The molecule has 1 atom stereocenters. The van der Waals surface area contributed by atoms with Gasteiger partial charge in [0.1, 0.15) is 11.5 Å². The second-order valence-electron chi connectivity index (χ2n) is 5.72. The summed E-state index contributed by atoms with van der Waals surface area (Å²) in [7, 11) is 3.43. The van der Waals surface area contributed by atoms with Gasteiger partial charge in [0.15, 0.2) is 0 Å². The minimum atomic E-state index is 0.289. The van der Waals surface area contributed by atoms with Crippen LogP contribution in [0.3, 0.4) is 0 Å². The van der Waals surface area contributed by atoms with Gasteiger partial charge in [-0.15, -0.1) is 0 Å². The first-order valence-electron chi connectivity index (χ1n) is 7.73. The monoisotopic (exact) mass is 293 g/mol. The summed E-state index contributed by atoms with van der Waals surface area (Å²) in [4.78, 5) is 2.49. The summed E-state index contributed by atoms with van der Waals surface area (Å²) in [5, 5.41) is 0. The van der Waals surface area contributed by atoms with E-state index < -0.39 is 0 Å². The van der Waals surface area contributed by atoms with E-state index in [-0.39, 0.29) is 6.10 Å². The Bertz CT molecular complexity index is 448. The summed E-state index contributed by atoms with van der Waals surface area (Å²) in [6.07, 6.45) is 2.66. The molecule has 21 heavy (non-hydrogen) atoms. The first kappa shape index (κ1) is 16.1. The Balaban J connectivity index is 2.11. The lowest BCUT2D eigenvalue weighted by Crippen LogP contribution is -2.28. The lowest BCUT2D eigenvalue weighted by Gasteiger charge is -2.26. The molecule has 0 amide bonds. The van der Waals surface area contributed by atoms with Gasteiger partial charge in [-0.1, -0.05) is 0 Å². The number of hydrogen-bond donors (Lipinski definition) is 0. The zero-order valence-electron chi connectivity index (χ0n) is 13.6. The smallest absolute Gasteiger partial charge is 0.123 e. The van der Waals surface area contributed by atoms with Gasteiger partial charge < -0.3 is 14.2 Å². The molecule has 1 aliphatic rings. The van der Waals surface area contributed by atoms with Crippen LogP contribution in [-0.2, 0) is 4.74 Å². The van der Waals surface area contributed by atoms with Crippen molar-refractivity contribution in [3.05, 3.63) is 23.8 Å². The molecule has 1 heterocycles. The van der Waals surface area contributed by atoms with Crippen LogP contribution in [0.1, 0.15) is 38.3 Å². The van der Waals surface area contributed by atoms with Crippen molar-refractivity contribution in [2.75, 3.05) is 33.9 Å². The molecular weight excluding hydrogens is 266 g/mol. The third-order valence-corrected chi connectivity index (χ3v) is 3.99. The average molecular weight is 293 g/mol. The van der Waals surface area contributed by atoms with E-state index in [1.165, 1.54) is 12.0 Å². The second-order valence-corrected chi connectivity index (χ2v) is 5.72. The van der Waals surface area contributed by atoms with Crippen molar-refractivity contribution < 1.29 is 14.2 Å². The Hall–Kier alpha value is -1.26. The zero-order chi connectivity index (χ0) is 15.2. The summed E-state index contributed by atoms with van der Waals surface area (Å²) < 4.78 is 16.6. The van der Waals surface area contributed by atoms with Crippen molar-refractivity contribution >= 4 is 0 Å². The normalized spacial score (nSPS) is 19.2. The summed E-state index contributed by atoms with van der Waals surface area (Å²) in [5.74, 6) is 1.83. The molecule has 0 radical (unpaired) electrons. The third-order valence-electron chi connectivity index (χ3n) is 3.99. The van der Waals surface area contributed by atoms with Gasteiger partial charge in [-0.2, -0.15) is 0 Å². The molecule has 0 N–H and O–H groups in total. The number of rotatable bonds is 7. The largest absolute Gasteiger partial charge is 0.497 e. The molecule has 1 fully saturated rings. The Kier molecular flexibility index (Phi) is 5.88. The van der Waals surface area contributed by atoms with Crippen LogP contribution in [-0.4, -0.2) is 44.9 Å². The molecule has 1 unspecified atom stereocenters. The van der Waals surface area contributed by atoms with Gasteiger partial charge in [-0.3, -0.25) is 4.90 Å². The van der Waals surface area contributed by atoms with E-state index in [9.17, 15) is 0 Å². The topological polar surface area (TPSA) is 30.9 Å². The van der Waals surface area contributed by atoms with Crippen molar-refractivity contribution in [1.29, 1.82) is 0 Å². The predicted octanol–water partition coefficient (Wildman–Crippen LogP) is 3.27. The number of ether oxygens (including phenoxy) is 3. The molecule has 2 rings (SSSR count). The standard InChI is InChI=1S/C17H27NO3/c1-13(2)21-11-10-18-9-5-6-16(18)15-12-14(19-3)7-8-17(15)20-4/h7-8,12-13,16H,5-6,9-11H2,1-4H3. The van der Waals surface area contributed by atoms with Crippen molar-refractivity contribution in [2.45, 2.75) is 38.8 Å². The Labute approximate surface area is 128 Å². The number of likely N-dealkylation sites (tertiary alicyclic amines) is 1. The maximum atomic E-state index is 5.69. The van der Waals surface area contributed by atoms with E-state index in [2.05, 4.69) is 24.8 Å². The van der Waals surface area contributed by atoms with Crippen LogP contribution in [0.2, 0.25) is 0 Å². The molecule has 0 aliphatic carbocycles. The van der Waals surface area contributed by atoms with E-state index in [0.717, 1.165) is 37.6 Å². The molecular formula is C17H27NO3. The molecule has 0 spiro atoms. The summed E-state index contributed by atoms with van der Waals surface area (Å²) in [6, 6.07) is 6.44. The number of hydrogen-bond acceptors (Lipinski definition) is 4. The van der Waals surface area contributed by atoms with E-state index >= 15 is 0 Å². The molecule has 0 aromatic heterocycles. The fraction of sp³-hybridized carbons (Fsp3) is 0.647. The van der Waals surface area contributed by atoms with Gasteiger partial charge >= 0.3 is 0 Å². The van der Waals surface area contributed by atoms with Crippen LogP contribution in [0, 0.1) is 0 Å². The Morgan fingerprint density at radius 3 is 2.71 bits per heavy atom. The highest BCUT2D eigenvalue weighted by Crippen LogP contribution is 2.38. The molecule has 4 nitrogen and oxygen atoms in total. The molecule has 118 valence electrons. The minimum absolute atomic E-state index is 0.289. The molecule has 0 bridgehead atoms. The molecule has 4 heteroatoms. The first-order valence-corrected chi connectivity index (χ1v) is 7.73. The second kappa shape index (κ2) is 7.66. The number of methoxy groups -OCH3 is 2. The molecule has 0 saturated carbocycles. The zero-order valence-corrected chi connectivity index (χ0v) is 13.6. The lowest BCUT2D eigenvalue weighted by molar-refractivity contribution is 0.0561. The SMILES string of the molecule is COc1ccc(OC)c(C2CCCN2CCOC(C)C)c1. The summed E-state index contributed by atoms with van der Waals surface area (Å²) in [6.45, 7) is 7.01. The van der Waals surface area contributed by atoms with Crippen LogP contribution >= 0.6 is 0 Å². The van der Waals surface area contributed by atoms with Crippen LogP contribution < -0.4 is 9.47 Å². The van der Waals surface area contributed by atoms with Gasteiger partial charge in [0.25, 0.3) is 0 Å². The third kappa shape index (κ3) is 4.11. The fourth-order valence-corrected chi connectivity index (χ4v) is 2.95. The Morgan fingerprint density at radius 1 is 1.24 bits per heavy atom. The average Bonchev–Trinajstić information content (AvgIpc) is 2.94. The fourth-order valence-electron chi connectivity index (χ4n) is 2.95. The minimum Gasteiger partial charge on any atom is -0.497 e. The highest BCUT2D eigenvalue weighted by Gasteiger charge is 2.28. The van der Waals surface area contributed by atoms with Gasteiger partial charge in [0.2, 0.25) is 0 Å². The van der Waals surface area contributed by atoms with Gasteiger partial charge in [0, 0.05) is 18.2 Å². The predicted molar refractivity (Wildman–Crippen MR) is 84.2 cm³/mol. The highest BCUT2D eigenvalue weighted by molar-refractivity contribution is 5.42. The first-order chi connectivity index (χ1) is 10.2. The number of benzene rings is 1. The van der Waals surface area contributed by atoms with Crippen LogP contribution in [0.4, 0.5) is 0 Å². The quantitative estimate of drug-likeness (QED) is 0.772. The van der Waals surface area contributed by atoms with E-state index in [0.29, 0.717) is 6.04 Å². The van der Waals surface area contributed by atoms with Crippen molar-refractivity contribution in [1.82, 2.24) is 4.90 Å². The lowest BCUT2D eigenvalue weighted by atomic mass is 10.0. The number of nitrogens with zero attached hydrogens (tertiary/aromatic N) is 1. The van der Waals surface area contributed by atoms with E-state index in [4.69, 9.17) is 14.2 Å². The molecule has 1 saturated heterocycles. The maximum Gasteiger partial charge on any atom is 0.123 e. The molecule has 1 aromatic rings. The Morgan fingerprint density at radius 2 is 2.05 bits per heavy atom. The van der Waals surface area contributed by atoms with Gasteiger partial charge in [-0.25, -0.2) is 0 Å². The van der Waals surface area contributed by atoms with Crippen LogP contribution in [0.25, 0.3) is 0 Å². The highest BCUT2D eigenvalue weighted by atomic mass is 16.5. The van der Waals surface area contributed by atoms with Crippen molar-refractivity contribution in [3.63, 3.8) is 0 Å². The molecule has 1 aromatic carbocycles. The molecule has 1 aliphatic heterocycles. The van der Waals surface area contributed by atoms with Crippen molar-refractivity contribution in [3.8, 4) is 11.5 Å². The van der Waals surface area contributed by atoms with Crippen LogP contribution in [0.5, 0.6) is 11.5 Å². The van der Waals surface area contributed by atoms with Crippen molar-refractivity contribution in [2.24, 2.45) is 0 Å². The van der Waals surface area contributed by atoms with Crippen LogP contribution in [0.15, 0.2) is 18.2 Å². The van der Waals surface area contributed by atoms with Gasteiger partial charge in [0.05, 0.1) is 26.9 Å². The maximum absolute atomic E-state index is 5.69. The summed E-state index contributed by atoms with van der Waals surface area (Å²) in [5.41, 5.74) is 1.22. The van der Waals surface area contributed by atoms with E-state index in [1.54, 1.807) is 14.2 Å². The van der Waals surface area contributed by atoms with Gasteiger partial charge in [-0.05, 0) is 51.4 Å². The van der Waals surface area contributed by atoms with E-state index in [1.807, 2.05) is 12.1 Å². The summed E-state index contributed by atoms with van der Waals surface area (Å²) >= 11 is 0.